The van der Waals surface area contributed by atoms with Crippen molar-refractivity contribution in [3.05, 3.63) is 52.5 Å². The molecule has 1 amide bonds. The predicted octanol–water partition coefficient (Wildman–Crippen LogP) is 2.01. The van der Waals surface area contributed by atoms with E-state index in [0.29, 0.717) is 0 Å². The predicted molar refractivity (Wildman–Crippen MR) is 65.4 cm³/mol. The minimum atomic E-state index is -3.96. The third-order valence-corrected chi connectivity index (χ3v) is 4.16. The molecule has 1 N–H and O–H groups in total. The summed E-state index contributed by atoms with van der Waals surface area (Å²) >= 11 is 1.29. The maximum atomic E-state index is 12.7. The number of carbonyl (C=O) groups is 1. The van der Waals surface area contributed by atoms with Gasteiger partial charge in [-0.05, 0) is 35.7 Å². The van der Waals surface area contributed by atoms with Crippen molar-refractivity contribution in [1.29, 1.82) is 0 Å². The molecular formula is C11H8FNO3S2. The highest BCUT2D eigenvalue weighted by Crippen LogP contribution is 2.11. The van der Waals surface area contributed by atoms with Crippen molar-refractivity contribution >= 4 is 27.3 Å². The average molecular weight is 285 g/mol. The van der Waals surface area contributed by atoms with Crippen LogP contribution in [0.4, 0.5) is 4.39 Å². The Kier molecular flexibility index (Phi) is 3.44. The summed E-state index contributed by atoms with van der Waals surface area (Å²) < 4.78 is 38.2. The van der Waals surface area contributed by atoms with Gasteiger partial charge in [0.1, 0.15) is 5.82 Å². The van der Waals surface area contributed by atoms with E-state index < -0.39 is 21.7 Å². The molecule has 1 heterocycles. The second kappa shape index (κ2) is 4.87. The van der Waals surface area contributed by atoms with Crippen LogP contribution in [0.1, 0.15) is 10.4 Å². The first kappa shape index (κ1) is 12.7. The second-order valence-corrected chi connectivity index (χ2v) is 5.86. The average Bonchev–Trinajstić information content (AvgIpc) is 2.82. The number of sulfonamides is 1. The van der Waals surface area contributed by atoms with Crippen LogP contribution in [-0.4, -0.2) is 14.3 Å². The lowest BCUT2D eigenvalue weighted by atomic mass is 10.3. The normalized spacial score (nSPS) is 11.2. The number of carbonyl (C=O) groups excluding carboxylic acids is 1. The van der Waals surface area contributed by atoms with Crippen LogP contribution in [0.2, 0.25) is 0 Å². The van der Waals surface area contributed by atoms with Gasteiger partial charge < -0.3 is 0 Å². The van der Waals surface area contributed by atoms with Crippen molar-refractivity contribution < 1.29 is 17.6 Å². The Hall–Kier alpha value is -1.73. The number of benzene rings is 1. The van der Waals surface area contributed by atoms with Gasteiger partial charge in [-0.1, -0.05) is 0 Å². The van der Waals surface area contributed by atoms with Gasteiger partial charge in [0, 0.05) is 5.38 Å². The first-order valence-electron chi connectivity index (χ1n) is 4.84. The Morgan fingerprint density at radius 1 is 1.17 bits per heavy atom. The summed E-state index contributed by atoms with van der Waals surface area (Å²) in [5.74, 6) is -1.25. The molecule has 1 aromatic heterocycles. The van der Waals surface area contributed by atoms with Crippen LogP contribution in [0.15, 0.2) is 46.0 Å². The summed E-state index contributed by atoms with van der Waals surface area (Å²) in [6.07, 6.45) is 0. The molecule has 2 aromatic rings. The molecule has 4 nitrogen and oxygen atoms in total. The molecule has 0 aliphatic rings. The zero-order chi connectivity index (χ0) is 13.2. The highest BCUT2D eigenvalue weighted by atomic mass is 32.2. The highest BCUT2D eigenvalue weighted by molar-refractivity contribution is 7.90. The van der Waals surface area contributed by atoms with Crippen LogP contribution in [0.25, 0.3) is 0 Å². The quantitative estimate of drug-likeness (QED) is 0.938. The zero-order valence-electron chi connectivity index (χ0n) is 8.96. The zero-order valence-corrected chi connectivity index (χ0v) is 10.6. The Morgan fingerprint density at radius 3 is 2.39 bits per heavy atom. The first-order valence-corrected chi connectivity index (χ1v) is 7.26. The molecule has 18 heavy (non-hydrogen) atoms. The van der Waals surface area contributed by atoms with E-state index in [4.69, 9.17) is 0 Å². The molecule has 0 aliphatic heterocycles. The van der Waals surface area contributed by atoms with E-state index in [9.17, 15) is 17.6 Å². The fraction of sp³-hybridized carbons (Fsp3) is 0. The lowest BCUT2D eigenvalue weighted by molar-refractivity contribution is 0.0982. The largest absolute Gasteiger partial charge is 0.268 e. The number of hydrogen-bond acceptors (Lipinski definition) is 4. The smallest absolute Gasteiger partial charge is 0.265 e. The number of amides is 1. The number of rotatable bonds is 3. The Bertz CT molecular complexity index is 648. The molecule has 0 saturated carbocycles. The van der Waals surface area contributed by atoms with Gasteiger partial charge in [0.2, 0.25) is 0 Å². The standard InChI is InChI=1S/C11H8FNO3S2/c12-9-1-3-10(4-2-9)18(15,16)13-11(14)8-5-6-17-7-8/h1-7H,(H,13,14). The van der Waals surface area contributed by atoms with E-state index >= 15 is 0 Å². The molecule has 7 heteroatoms. The molecule has 0 fully saturated rings. The van der Waals surface area contributed by atoms with E-state index in [1.807, 2.05) is 4.72 Å². The lowest BCUT2D eigenvalue weighted by Gasteiger charge is -2.05. The minimum absolute atomic E-state index is 0.160. The summed E-state index contributed by atoms with van der Waals surface area (Å²) in [5.41, 5.74) is 0.269. The summed E-state index contributed by atoms with van der Waals surface area (Å²) in [5, 5.41) is 3.20. The van der Waals surface area contributed by atoms with Crippen molar-refractivity contribution in [2.45, 2.75) is 4.90 Å². The SMILES string of the molecule is O=C(NS(=O)(=O)c1ccc(F)cc1)c1ccsc1. The van der Waals surface area contributed by atoms with Crippen molar-refractivity contribution in [3.63, 3.8) is 0 Å². The fourth-order valence-electron chi connectivity index (χ4n) is 1.25. The lowest BCUT2D eigenvalue weighted by Crippen LogP contribution is -2.30. The highest BCUT2D eigenvalue weighted by Gasteiger charge is 2.18. The van der Waals surface area contributed by atoms with E-state index in [1.54, 1.807) is 5.38 Å². The number of halogens is 1. The molecule has 0 aliphatic carbocycles. The van der Waals surface area contributed by atoms with E-state index in [-0.39, 0.29) is 10.5 Å². The maximum absolute atomic E-state index is 12.7. The maximum Gasteiger partial charge on any atom is 0.265 e. The van der Waals surface area contributed by atoms with Crippen LogP contribution in [0, 0.1) is 5.82 Å². The van der Waals surface area contributed by atoms with Gasteiger partial charge in [-0.15, -0.1) is 0 Å². The van der Waals surface area contributed by atoms with E-state index in [0.717, 1.165) is 24.3 Å². The first-order chi connectivity index (χ1) is 8.49. The van der Waals surface area contributed by atoms with E-state index in [1.165, 1.54) is 22.8 Å². The third-order valence-electron chi connectivity index (χ3n) is 2.13. The molecule has 0 atom stereocenters. The minimum Gasteiger partial charge on any atom is -0.268 e. The molecule has 1 aromatic carbocycles. The Morgan fingerprint density at radius 2 is 1.83 bits per heavy atom. The van der Waals surface area contributed by atoms with Gasteiger partial charge in [-0.2, -0.15) is 11.3 Å². The number of thiophene rings is 1. The van der Waals surface area contributed by atoms with Crippen LogP contribution in [-0.2, 0) is 10.0 Å². The molecule has 94 valence electrons. The molecule has 0 spiro atoms. The van der Waals surface area contributed by atoms with Crippen molar-refractivity contribution in [1.82, 2.24) is 4.72 Å². The summed E-state index contributed by atoms with van der Waals surface area (Å²) in [7, 11) is -3.96. The third kappa shape index (κ3) is 2.74. The molecule has 0 radical (unpaired) electrons. The molecule has 0 bridgehead atoms. The van der Waals surface area contributed by atoms with Gasteiger partial charge in [0.15, 0.2) is 0 Å². The van der Waals surface area contributed by atoms with Gasteiger partial charge in [0.25, 0.3) is 15.9 Å². The van der Waals surface area contributed by atoms with Crippen LogP contribution in [0.3, 0.4) is 0 Å². The summed E-state index contributed by atoms with van der Waals surface area (Å²) in [6, 6.07) is 5.74. The van der Waals surface area contributed by atoms with Crippen LogP contribution >= 0.6 is 11.3 Å². The van der Waals surface area contributed by atoms with Crippen molar-refractivity contribution in [3.8, 4) is 0 Å². The Balaban J connectivity index is 2.22. The van der Waals surface area contributed by atoms with Crippen molar-refractivity contribution in [2.24, 2.45) is 0 Å². The van der Waals surface area contributed by atoms with Crippen LogP contribution in [0.5, 0.6) is 0 Å². The fourth-order valence-corrected chi connectivity index (χ4v) is 2.86. The number of nitrogens with one attached hydrogen (secondary N) is 1. The van der Waals surface area contributed by atoms with Gasteiger partial charge in [0.05, 0.1) is 10.5 Å². The molecule has 2 rings (SSSR count). The summed E-state index contributed by atoms with van der Waals surface area (Å²) in [4.78, 5) is 11.4. The van der Waals surface area contributed by atoms with E-state index in [2.05, 4.69) is 0 Å². The van der Waals surface area contributed by atoms with Gasteiger partial charge in [-0.25, -0.2) is 17.5 Å². The van der Waals surface area contributed by atoms with Crippen LogP contribution < -0.4 is 4.72 Å². The second-order valence-electron chi connectivity index (χ2n) is 3.40. The monoisotopic (exact) mass is 285 g/mol. The topological polar surface area (TPSA) is 63.2 Å². The van der Waals surface area contributed by atoms with Crippen molar-refractivity contribution in [2.75, 3.05) is 0 Å². The molecule has 0 unspecified atom stereocenters. The van der Waals surface area contributed by atoms with Gasteiger partial charge in [-0.3, -0.25) is 4.79 Å². The summed E-state index contributed by atoms with van der Waals surface area (Å²) in [6.45, 7) is 0. The molecular weight excluding hydrogens is 277 g/mol. The number of hydrogen-bond donors (Lipinski definition) is 1. The van der Waals surface area contributed by atoms with Gasteiger partial charge >= 0.3 is 0 Å². The molecule has 0 saturated heterocycles. The Labute approximate surface area is 107 Å².